The number of alkyl halides is 2. The van der Waals surface area contributed by atoms with Gasteiger partial charge in [-0.15, -0.1) is 11.3 Å². The largest absolute Gasteiger partial charge is 0.493 e. The van der Waals surface area contributed by atoms with Crippen LogP contribution in [-0.4, -0.2) is 24.7 Å². The zero-order valence-electron chi connectivity index (χ0n) is 20.3. The summed E-state index contributed by atoms with van der Waals surface area (Å²) in [4.78, 5) is 18.2. The second kappa shape index (κ2) is 13.1. The van der Waals surface area contributed by atoms with Crippen molar-refractivity contribution in [3.8, 4) is 11.5 Å². The molecule has 39 heavy (non-hydrogen) atoms. The van der Waals surface area contributed by atoms with Crippen LogP contribution in [0.15, 0.2) is 67.0 Å². The van der Waals surface area contributed by atoms with Crippen molar-refractivity contribution >= 4 is 46.2 Å². The van der Waals surface area contributed by atoms with Crippen molar-refractivity contribution in [3.63, 3.8) is 0 Å². The van der Waals surface area contributed by atoms with E-state index in [1.54, 1.807) is 30.3 Å². The molecule has 0 aliphatic heterocycles. The monoisotopic (exact) mass is 596 g/mol. The highest BCUT2D eigenvalue weighted by atomic mass is 35.5. The number of para-hydroxylation sites is 1. The molecule has 2 aromatic heterocycles. The number of methoxy groups -OCH3 is 1. The second-order valence-corrected chi connectivity index (χ2v) is 10.1. The molecule has 2 aromatic carbocycles. The van der Waals surface area contributed by atoms with Gasteiger partial charge in [0, 0.05) is 30.2 Å². The van der Waals surface area contributed by atoms with E-state index in [2.05, 4.69) is 15.0 Å². The Labute approximate surface area is 236 Å². The van der Waals surface area contributed by atoms with E-state index in [9.17, 15) is 18.0 Å². The van der Waals surface area contributed by atoms with Crippen molar-refractivity contribution in [2.45, 2.75) is 25.7 Å². The van der Waals surface area contributed by atoms with E-state index in [0.717, 1.165) is 4.88 Å². The van der Waals surface area contributed by atoms with Gasteiger partial charge in [0.1, 0.15) is 16.8 Å². The Bertz CT molecular complexity index is 1430. The van der Waals surface area contributed by atoms with Gasteiger partial charge >= 0.3 is 12.6 Å². The van der Waals surface area contributed by atoms with E-state index >= 15 is 0 Å². The van der Waals surface area contributed by atoms with Crippen molar-refractivity contribution in [1.29, 1.82) is 0 Å². The first-order valence-electron chi connectivity index (χ1n) is 11.4. The van der Waals surface area contributed by atoms with Crippen LogP contribution in [0.2, 0.25) is 10.0 Å². The lowest BCUT2D eigenvalue weighted by Crippen LogP contribution is -2.14. The summed E-state index contributed by atoms with van der Waals surface area (Å²) in [5, 5.41) is 3.53. The predicted octanol–water partition coefficient (Wildman–Crippen LogP) is 7.95. The molecule has 0 spiro atoms. The first-order chi connectivity index (χ1) is 18.7. The Kier molecular flexibility index (Phi) is 9.55. The van der Waals surface area contributed by atoms with Crippen LogP contribution in [-0.2, 0) is 17.7 Å². The number of anilines is 1. The molecule has 204 valence electrons. The number of halogens is 5. The van der Waals surface area contributed by atoms with Gasteiger partial charge in [0.25, 0.3) is 0 Å². The lowest BCUT2D eigenvalue weighted by molar-refractivity contribution is -0.0512. The van der Waals surface area contributed by atoms with Crippen LogP contribution in [0.25, 0.3) is 0 Å². The fourth-order valence-corrected chi connectivity index (χ4v) is 5.03. The molecule has 0 bridgehead atoms. The van der Waals surface area contributed by atoms with Crippen LogP contribution in [0.1, 0.15) is 31.8 Å². The number of aromatic nitrogens is 1. The van der Waals surface area contributed by atoms with Gasteiger partial charge in [0.15, 0.2) is 11.5 Å². The Morgan fingerprint density at radius 3 is 2.49 bits per heavy atom. The van der Waals surface area contributed by atoms with E-state index in [1.165, 1.54) is 55.1 Å². The molecule has 0 saturated heterocycles. The highest BCUT2D eigenvalue weighted by Crippen LogP contribution is 2.36. The summed E-state index contributed by atoms with van der Waals surface area (Å²) in [5.41, 5.74) is 1.26. The molecule has 0 amide bonds. The van der Waals surface area contributed by atoms with Crippen molar-refractivity contribution in [2.75, 3.05) is 12.4 Å². The molecule has 4 rings (SSSR count). The van der Waals surface area contributed by atoms with Gasteiger partial charge in [-0.05, 0) is 47.5 Å². The lowest BCUT2D eigenvalue weighted by atomic mass is 10.0. The van der Waals surface area contributed by atoms with Crippen LogP contribution in [0, 0.1) is 5.82 Å². The molecule has 0 radical (unpaired) electrons. The van der Waals surface area contributed by atoms with Crippen LogP contribution in [0.3, 0.4) is 0 Å². The number of carbonyl (C=O) groups excluding carboxylic acids is 1. The average Bonchev–Trinajstić information content (AvgIpc) is 3.39. The number of pyridine rings is 1. The third-order valence-corrected chi connectivity index (χ3v) is 7.27. The topological polar surface area (TPSA) is 69.7 Å². The third kappa shape index (κ3) is 7.35. The molecule has 2 heterocycles. The molecule has 0 aliphatic rings. The van der Waals surface area contributed by atoms with Gasteiger partial charge in [-0.25, -0.2) is 9.18 Å². The smallest absolute Gasteiger partial charge is 0.387 e. The van der Waals surface area contributed by atoms with E-state index in [0.29, 0.717) is 28.2 Å². The lowest BCUT2D eigenvalue weighted by Gasteiger charge is -2.21. The highest BCUT2D eigenvalue weighted by Gasteiger charge is 2.24. The zero-order valence-corrected chi connectivity index (χ0v) is 22.6. The van der Waals surface area contributed by atoms with Crippen molar-refractivity contribution in [3.05, 3.63) is 104 Å². The van der Waals surface area contributed by atoms with Gasteiger partial charge < -0.3 is 19.5 Å². The van der Waals surface area contributed by atoms with Gasteiger partial charge in [0.05, 0.1) is 22.8 Å². The second-order valence-electron chi connectivity index (χ2n) is 8.07. The number of nitrogens with one attached hydrogen (secondary N) is 1. The molecule has 0 fully saturated rings. The number of rotatable bonds is 11. The number of hydrogen-bond donors (Lipinski definition) is 1. The SMILES string of the molecule is COc1cc([C@H](Cc2c(Cl)cncc2Cl)OC(=O)c2ccc(CNc3ccccc3F)s2)ccc1OC(F)F. The van der Waals surface area contributed by atoms with Crippen molar-refractivity contribution < 1.29 is 32.2 Å². The number of thiophene rings is 1. The van der Waals surface area contributed by atoms with Crippen molar-refractivity contribution in [1.82, 2.24) is 4.98 Å². The van der Waals surface area contributed by atoms with E-state index < -0.39 is 18.7 Å². The average molecular weight is 597 g/mol. The molecular weight excluding hydrogens is 576 g/mol. The minimum absolute atomic E-state index is 0.0263. The minimum Gasteiger partial charge on any atom is -0.493 e. The van der Waals surface area contributed by atoms with Crippen LogP contribution >= 0.6 is 34.5 Å². The van der Waals surface area contributed by atoms with Gasteiger partial charge in [-0.3, -0.25) is 4.98 Å². The summed E-state index contributed by atoms with van der Waals surface area (Å²) < 4.78 is 55.1. The van der Waals surface area contributed by atoms with Gasteiger partial charge in [-0.1, -0.05) is 41.4 Å². The summed E-state index contributed by atoms with van der Waals surface area (Å²) in [6.07, 6.45) is 1.97. The summed E-state index contributed by atoms with van der Waals surface area (Å²) in [5.74, 6) is -1.16. The van der Waals surface area contributed by atoms with E-state index in [-0.39, 0.29) is 33.8 Å². The normalized spacial score (nSPS) is 11.8. The number of ether oxygens (including phenoxy) is 3. The standard InChI is InChI=1S/C27H21Cl2F3N2O4S/c1-36-24-10-15(6-8-22(24)38-27(31)32)23(11-17-18(28)13-33-14-19(17)29)37-26(35)25-9-7-16(39-25)12-34-21-5-3-2-4-20(21)30/h2-10,13-14,23,27,34H,11-12H2,1H3/t23-/m0/s1. The summed E-state index contributed by atoms with van der Waals surface area (Å²) in [7, 11) is 1.30. The number of esters is 1. The van der Waals surface area contributed by atoms with Gasteiger partial charge in [-0.2, -0.15) is 8.78 Å². The fourth-order valence-electron chi connectivity index (χ4n) is 3.68. The van der Waals surface area contributed by atoms with Crippen molar-refractivity contribution in [2.24, 2.45) is 0 Å². The molecule has 1 atom stereocenters. The maximum absolute atomic E-state index is 13.9. The Morgan fingerprint density at radius 2 is 1.79 bits per heavy atom. The highest BCUT2D eigenvalue weighted by molar-refractivity contribution is 7.13. The quantitative estimate of drug-likeness (QED) is 0.177. The maximum atomic E-state index is 13.9. The predicted molar refractivity (Wildman–Crippen MR) is 144 cm³/mol. The Balaban J connectivity index is 1.57. The van der Waals surface area contributed by atoms with E-state index in [1.807, 2.05) is 0 Å². The zero-order chi connectivity index (χ0) is 27.9. The first kappa shape index (κ1) is 28.5. The van der Waals surface area contributed by atoms with Crippen LogP contribution in [0.5, 0.6) is 11.5 Å². The molecule has 1 N–H and O–H groups in total. The number of nitrogens with zero attached hydrogens (tertiary/aromatic N) is 1. The fraction of sp³-hybridized carbons (Fsp3) is 0.185. The molecular formula is C27H21Cl2F3N2O4S. The third-order valence-electron chi connectivity index (χ3n) is 5.56. The number of hydrogen-bond acceptors (Lipinski definition) is 7. The number of carbonyl (C=O) groups is 1. The molecule has 6 nitrogen and oxygen atoms in total. The van der Waals surface area contributed by atoms with Crippen LogP contribution < -0.4 is 14.8 Å². The first-order valence-corrected chi connectivity index (χ1v) is 13.0. The van der Waals surface area contributed by atoms with E-state index in [4.69, 9.17) is 32.7 Å². The maximum Gasteiger partial charge on any atom is 0.387 e. The molecule has 0 saturated carbocycles. The van der Waals surface area contributed by atoms with Crippen LogP contribution in [0.4, 0.5) is 18.9 Å². The van der Waals surface area contributed by atoms with Gasteiger partial charge in [0.2, 0.25) is 0 Å². The molecule has 0 aliphatic carbocycles. The summed E-state index contributed by atoms with van der Waals surface area (Å²) in [6, 6.07) is 13.8. The molecule has 0 unspecified atom stereocenters. The molecule has 12 heteroatoms. The minimum atomic E-state index is -3.05. The number of benzene rings is 2. The Hall–Kier alpha value is -3.47. The summed E-state index contributed by atoms with van der Waals surface area (Å²) >= 11 is 13.8. The summed E-state index contributed by atoms with van der Waals surface area (Å²) in [6.45, 7) is -2.75. The Morgan fingerprint density at radius 1 is 1.05 bits per heavy atom. The molecule has 4 aromatic rings.